The molecule has 0 unspecified atom stereocenters. The fourth-order valence-corrected chi connectivity index (χ4v) is 3.33. The summed E-state index contributed by atoms with van der Waals surface area (Å²) in [5, 5.41) is 2.98. The van der Waals surface area contributed by atoms with Gasteiger partial charge in [0.2, 0.25) is 0 Å². The Morgan fingerprint density at radius 2 is 1.60 bits per heavy atom. The van der Waals surface area contributed by atoms with Gasteiger partial charge < -0.3 is 14.8 Å². The monoisotopic (exact) mass is 403 g/mol. The second kappa shape index (κ2) is 9.49. The summed E-state index contributed by atoms with van der Waals surface area (Å²) in [6.07, 6.45) is 0. The number of rotatable bonds is 7. The van der Waals surface area contributed by atoms with E-state index >= 15 is 0 Å². The molecule has 156 valence electrons. The summed E-state index contributed by atoms with van der Waals surface area (Å²) in [4.78, 5) is 12.7. The van der Waals surface area contributed by atoms with E-state index in [1.165, 1.54) is 11.1 Å². The largest absolute Gasteiger partial charge is 0.496 e. The van der Waals surface area contributed by atoms with Crippen LogP contribution in [0.4, 0.5) is 0 Å². The van der Waals surface area contributed by atoms with Crippen LogP contribution < -0.4 is 14.8 Å². The Balaban J connectivity index is 1.73. The standard InChI is InChI=1S/C26H29NO3/c1-17-6-8-21(9-7-17)15-27-26(28)22-10-11-24(29-5)23(14-22)16-30-25-13-18(2)12-19(3)20(25)4/h6-14H,15-16H2,1-5H3,(H,27,28). The molecule has 30 heavy (non-hydrogen) atoms. The number of nitrogens with one attached hydrogen (secondary N) is 1. The fraction of sp³-hybridized carbons (Fsp3) is 0.269. The lowest BCUT2D eigenvalue weighted by Crippen LogP contribution is -2.23. The molecule has 3 aromatic carbocycles. The molecule has 1 amide bonds. The number of hydrogen-bond acceptors (Lipinski definition) is 3. The zero-order valence-electron chi connectivity index (χ0n) is 18.3. The molecule has 0 spiro atoms. The number of benzene rings is 3. The van der Waals surface area contributed by atoms with Crippen molar-refractivity contribution in [2.45, 2.75) is 40.8 Å². The van der Waals surface area contributed by atoms with Gasteiger partial charge in [0.15, 0.2) is 0 Å². The molecule has 0 aliphatic carbocycles. The van der Waals surface area contributed by atoms with Gasteiger partial charge in [-0.05, 0) is 74.2 Å². The molecule has 0 aliphatic heterocycles. The fourth-order valence-electron chi connectivity index (χ4n) is 3.33. The van der Waals surface area contributed by atoms with E-state index in [9.17, 15) is 4.79 Å². The number of ether oxygens (including phenoxy) is 2. The van der Waals surface area contributed by atoms with Crippen LogP contribution >= 0.6 is 0 Å². The normalized spacial score (nSPS) is 10.6. The Hall–Kier alpha value is -3.27. The smallest absolute Gasteiger partial charge is 0.251 e. The third-order valence-corrected chi connectivity index (χ3v) is 5.26. The molecule has 0 atom stereocenters. The third-order valence-electron chi connectivity index (χ3n) is 5.26. The maximum absolute atomic E-state index is 12.7. The molecule has 0 saturated heterocycles. The van der Waals surface area contributed by atoms with E-state index in [1.54, 1.807) is 13.2 Å². The van der Waals surface area contributed by atoms with Gasteiger partial charge in [0.05, 0.1) is 7.11 Å². The number of amides is 1. The average Bonchev–Trinajstić information content (AvgIpc) is 2.74. The van der Waals surface area contributed by atoms with Crippen molar-refractivity contribution in [3.8, 4) is 11.5 Å². The lowest BCUT2D eigenvalue weighted by atomic mass is 10.1. The van der Waals surface area contributed by atoms with Crippen LogP contribution in [0.2, 0.25) is 0 Å². The first-order valence-corrected chi connectivity index (χ1v) is 10.1. The second-order valence-corrected chi connectivity index (χ2v) is 7.69. The van der Waals surface area contributed by atoms with Crippen molar-refractivity contribution in [2.75, 3.05) is 7.11 Å². The summed E-state index contributed by atoms with van der Waals surface area (Å²) in [5.41, 5.74) is 7.15. The average molecular weight is 404 g/mol. The van der Waals surface area contributed by atoms with E-state index in [2.05, 4.69) is 32.2 Å². The first-order chi connectivity index (χ1) is 14.4. The van der Waals surface area contributed by atoms with Crippen molar-refractivity contribution in [3.05, 3.63) is 93.5 Å². The van der Waals surface area contributed by atoms with E-state index in [4.69, 9.17) is 9.47 Å². The van der Waals surface area contributed by atoms with Gasteiger partial charge in [-0.3, -0.25) is 4.79 Å². The van der Waals surface area contributed by atoms with Crippen LogP contribution in [0.3, 0.4) is 0 Å². The highest BCUT2D eigenvalue weighted by molar-refractivity contribution is 5.94. The van der Waals surface area contributed by atoms with E-state index < -0.39 is 0 Å². The molecule has 3 rings (SSSR count). The molecule has 0 aliphatic rings. The number of carbonyl (C=O) groups is 1. The van der Waals surface area contributed by atoms with Gasteiger partial charge in [0.25, 0.3) is 5.91 Å². The summed E-state index contributed by atoms with van der Waals surface area (Å²) in [6.45, 7) is 9.04. The van der Waals surface area contributed by atoms with E-state index in [1.807, 2.05) is 49.4 Å². The Morgan fingerprint density at radius 1 is 0.867 bits per heavy atom. The summed E-state index contributed by atoms with van der Waals surface area (Å²) in [6, 6.07) is 17.7. The minimum absolute atomic E-state index is 0.123. The van der Waals surface area contributed by atoms with Gasteiger partial charge in [-0.1, -0.05) is 35.9 Å². The quantitative estimate of drug-likeness (QED) is 0.572. The minimum atomic E-state index is -0.123. The Bertz CT molecular complexity index is 1040. The highest BCUT2D eigenvalue weighted by Gasteiger charge is 2.12. The van der Waals surface area contributed by atoms with Crippen LogP contribution in [0.25, 0.3) is 0 Å². The highest BCUT2D eigenvalue weighted by Crippen LogP contribution is 2.27. The molecule has 0 aromatic heterocycles. The number of aryl methyl sites for hydroxylation is 3. The summed E-state index contributed by atoms with van der Waals surface area (Å²) >= 11 is 0. The van der Waals surface area contributed by atoms with Crippen LogP contribution in [-0.4, -0.2) is 13.0 Å². The molecule has 3 aromatic rings. The molecule has 1 N–H and O–H groups in total. The lowest BCUT2D eigenvalue weighted by molar-refractivity contribution is 0.0950. The topological polar surface area (TPSA) is 47.6 Å². The van der Waals surface area contributed by atoms with Crippen LogP contribution in [0, 0.1) is 27.7 Å². The number of carbonyl (C=O) groups excluding carboxylic acids is 1. The SMILES string of the molecule is COc1ccc(C(=O)NCc2ccc(C)cc2)cc1COc1cc(C)cc(C)c1C. The molecule has 0 saturated carbocycles. The molecule has 0 radical (unpaired) electrons. The molecule has 4 nitrogen and oxygen atoms in total. The molecule has 0 heterocycles. The number of methoxy groups -OCH3 is 1. The zero-order chi connectivity index (χ0) is 21.7. The zero-order valence-corrected chi connectivity index (χ0v) is 18.3. The maximum Gasteiger partial charge on any atom is 0.251 e. The Morgan fingerprint density at radius 3 is 2.30 bits per heavy atom. The van der Waals surface area contributed by atoms with Crippen LogP contribution in [0.15, 0.2) is 54.6 Å². The third kappa shape index (κ3) is 5.20. The van der Waals surface area contributed by atoms with E-state index in [0.29, 0.717) is 24.5 Å². The highest BCUT2D eigenvalue weighted by atomic mass is 16.5. The minimum Gasteiger partial charge on any atom is -0.496 e. The van der Waals surface area contributed by atoms with Crippen molar-refractivity contribution in [3.63, 3.8) is 0 Å². The van der Waals surface area contributed by atoms with Crippen LogP contribution in [0.1, 0.15) is 43.7 Å². The van der Waals surface area contributed by atoms with Crippen molar-refractivity contribution in [2.24, 2.45) is 0 Å². The second-order valence-electron chi connectivity index (χ2n) is 7.69. The maximum atomic E-state index is 12.7. The molecular weight excluding hydrogens is 374 g/mol. The van der Waals surface area contributed by atoms with Crippen molar-refractivity contribution < 1.29 is 14.3 Å². The van der Waals surface area contributed by atoms with Gasteiger partial charge in [0, 0.05) is 17.7 Å². The van der Waals surface area contributed by atoms with Crippen molar-refractivity contribution in [1.29, 1.82) is 0 Å². The first kappa shape index (κ1) is 21.4. The van der Waals surface area contributed by atoms with Gasteiger partial charge >= 0.3 is 0 Å². The summed E-state index contributed by atoms with van der Waals surface area (Å²) in [7, 11) is 1.62. The van der Waals surface area contributed by atoms with Crippen LogP contribution in [-0.2, 0) is 13.2 Å². The van der Waals surface area contributed by atoms with E-state index in [0.717, 1.165) is 28.0 Å². The summed E-state index contributed by atoms with van der Waals surface area (Å²) in [5.74, 6) is 1.43. The molecule has 0 bridgehead atoms. The summed E-state index contributed by atoms with van der Waals surface area (Å²) < 4.78 is 11.6. The van der Waals surface area contributed by atoms with E-state index in [-0.39, 0.29) is 5.91 Å². The van der Waals surface area contributed by atoms with Gasteiger partial charge in [-0.25, -0.2) is 0 Å². The Labute approximate surface area is 178 Å². The number of hydrogen-bond donors (Lipinski definition) is 1. The van der Waals surface area contributed by atoms with Crippen molar-refractivity contribution >= 4 is 5.91 Å². The van der Waals surface area contributed by atoms with Gasteiger partial charge in [-0.2, -0.15) is 0 Å². The molecule has 4 heteroatoms. The predicted molar refractivity (Wildman–Crippen MR) is 120 cm³/mol. The molecular formula is C26H29NO3. The van der Waals surface area contributed by atoms with Crippen LogP contribution in [0.5, 0.6) is 11.5 Å². The predicted octanol–water partition coefficient (Wildman–Crippen LogP) is 5.44. The first-order valence-electron chi connectivity index (χ1n) is 10.1. The lowest BCUT2D eigenvalue weighted by Gasteiger charge is -2.15. The van der Waals surface area contributed by atoms with Gasteiger partial charge in [0.1, 0.15) is 18.1 Å². The molecule has 0 fully saturated rings. The van der Waals surface area contributed by atoms with Gasteiger partial charge in [-0.15, -0.1) is 0 Å². The van der Waals surface area contributed by atoms with Crippen molar-refractivity contribution in [1.82, 2.24) is 5.32 Å². The Kier molecular flexibility index (Phi) is 6.78.